The van der Waals surface area contributed by atoms with Gasteiger partial charge < -0.3 is 19.9 Å². The van der Waals surface area contributed by atoms with Crippen LogP contribution >= 0.6 is 0 Å². The van der Waals surface area contributed by atoms with Crippen LogP contribution < -0.4 is 16.6 Å². The monoisotopic (exact) mass is 386 g/mol. The van der Waals surface area contributed by atoms with Crippen molar-refractivity contribution in [3.8, 4) is 0 Å². The van der Waals surface area contributed by atoms with E-state index in [1.807, 2.05) is 49.3 Å². The van der Waals surface area contributed by atoms with Gasteiger partial charge in [-0.25, -0.2) is 4.79 Å². The number of hydrogen-bond acceptors (Lipinski definition) is 6. The van der Waals surface area contributed by atoms with Gasteiger partial charge in [-0.1, -0.05) is 30.3 Å². The maximum Gasteiger partial charge on any atom is 0.332 e. The van der Waals surface area contributed by atoms with Crippen LogP contribution in [0.25, 0.3) is 11.2 Å². The van der Waals surface area contributed by atoms with Crippen molar-refractivity contribution < 1.29 is 5.11 Å². The SMILES string of the molecule is CN(C)CCNc1nc2c(c(=O)n(C)c(=O)n2C)n1C[C@H](O)c1ccccc1. The highest BCUT2D eigenvalue weighted by Gasteiger charge is 2.21. The van der Waals surface area contributed by atoms with Crippen molar-refractivity contribution in [3.05, 3.63) is 56.7 Å². The number of aromatic nitrogens is 4. The third kappa shape index (κ3) is 3.71. The molecule has 2 aromatic heterocycles. The summed E-state index contributed by atoms with van der Waals surface area (Å²) in [5.41, 5.74) is 0.440. The molecule has 0 amide bonds. The number of nitrogens with one attached hydrogen (secondary N) is 1. The molecule has 0 bridgehead atoms. The van der Waals surface area contributed by atoms with Crippen LogP contribution in [0.3, 0.4) is 0 Å². The van der Waals surface area contributed by atoms with E-state index in [0.29, 0.717) is 18.1 Å². The Morgan fingerprint density at radius 1 is 1.14 bits per heavy atom. The molecular weight excluding hydrogens is 360 g/mol. The Morgan fingerprint density at radius 3 is 2.46 bits per heavy atom. The van der Waals surface area contributed by atoms with Crippen molar-refractivity contribution >= 4 is 17.1 Å². The fraction of sp³-hybridized carbons (Fsp3) is 0.421. The Kier molecular flexibility index (Phi) is 5.66. The minimum Gasteiger partial charge on any atom is -0.387 e. The summed E-state index contributed by atoms with van der Waals surface area (Å²) in [5, 5.41) is 13.9. The van der Waals surface area contributed by atoms with E-state index < -0.39 is 17.4 Å². The van der Waals surface area contributed by atoms with Crippen LogP contribution in [0, 0.1) is 0 Å². The van der Waals surface area contributed by atoms with E-state index >= 15 is 0 Å². The second-order valence-corrected chi connectivity index (χ2v) is 7.08. The Bertz CT molecular complexity index is 1080. The number of benzene rings is 1. The predicted molar refractivity (Wildman–Crippen MR) is 109 cm³/mol. The molecule has 0 aliphatic heterocycles. The van der Waals surface area contributed by atoms with Gasteiger partial charge in [-0.15, -0.1) is 0 Å². The average molecular weight is 386 g/mol. The number of anilines is 1. The molecule has 150 valence electrons. The van der Waals surface area contributed by atoms with Crippen LogP contribution in [-0.2, 0) is 20.6 Å². The Morgan fingerprint density at radius 2 is 1.82 bits per heavy atom. The average Bonchev–Trinajstić information content (AvgIpc) is 3.03. The lowest BCUT2D eigenvalue weighted by atomic mass is 10.1. The summed E-state index contributed by atoms with van der Waals surface area (Å²) < 4.78 is 4.06. The van der Waals surface area contributed by atoms with Gasteiger partial charge in [0.1, 0.15) is 0 Å². The van der Waals surface area contributed by atoms with Crippen molar-refractivity contribution in [2.75, 3.05) is 32.5 Å². The lowest BCUT2D eigenvalue weighted by molar-refractivity contribution is 0.158. The van der Waals surface area contributed by atoms with Gasteiger partial charge in [0, 0.05) is 27.2 Å². The lowest BCUT2D eigenvalue weighted by Gasteiger charge is -2.16. The van der Waals surface area contributed by atoms with Crippen LogP contribution in [0.4, 0.5) is 5.95 Å². The molecule has 0 radical (unpaired) electrons. The molecule has 1 aromatic carbocycles. The molecule has 1 atom stereocenters. The first kappa shape index (κ1) is 19.8. The third-order valence-corrected chi connectivity index (χ3v) is 4.73. The molecule has 3 rings (SSSR count). The molecule has 2 N–H and O–H groups in total. The molecule has 9 heteroatoms. The van der Waals surface area contributed by atoms with Gasteiger partial charge in [-0.3, -0.25) is 13.9 Å². The van der Waals surface area contributed by atoms with Gasteiger partial charge in [0.2, 0.25) is 5.95 Å². The molecule has 0 spiro atoms. The first-order valence-electron chi connectivity index (χ1n) is 9.09. The van der Waals surface area contributed by atoms with Crippen molar-refractivity contribution in [2.45, 2.75) is 12.6 Å². The molecule has 0 aliphatic rings. The second kappa shape index (κ2) is 7.99. The highest BCUT2D eigenvalue weighted by molar-refractivity contribution is 5.74. The number of likely N-dealkylation sites (N-methyl/N-ethyl adjacent to an activating group) is 1. The summed E-state index contributed by atoms with van der Waals surface area (Å²) >= 11 is 0. The number of hydrogen-bond donors (Lipinski definition) is 2. The minimum absolute atomic E-state index is 0.137. The molecule has 0 saturated heterocycles. The van der Waals surface area contributed by atoms with E-state index in [2.05, 4.69) is 10.3 Å². The first-order chi connectivity index (χ1) is 13.3. The van der Waals surface area contributed by atoms with E-state index in [0.717, 1.165) is 16.7 Å². The number of rotatable bonds is 7. The third-order valence-electron chi connectivity index (χ3n) is 4.73. The smallest absolute Gasteiger partial charge is 0.332 e. The number of nitrogens with zero attached hydrogens (tertiary/aromatic N) is 5. The Labute approximate surface area is 162 Å². The van der Waals surface area contributed by atoms with Gasteiger partial charge in [0.25, 0.3) is 5.56 Å². The van der Waals surface area contributed by atoms with E-state index in [1.165, 1.54) is 11.6 Å². The zero-order valence-corrected chi connectivity index (χ0v) is 16.6. The maximum atomic E-state index is 12.8. The van der Waals surface area contributed by atoms with Gasteiger partial charge in [-0.2, -0.15) is 4.98 Å². The molecular formula is C19H26N6O3. The van der Waals surface area contributed by atoms with Crippen LogP contribution in [0.15, 0.2) is 39.9 Å². The predicted octanol–water partition coefficient (Wildman–Crippen LogP) is 0.141. The first-order valence-corrected chi connectivity index (χ1v) is 9.09. The maximum absolute atomic E-state index is 12.8. The minimum atomic E-state index is -0.824. The largest absolute Gasteiger partial charge is 0.387 e. The fourth-order valence-corrected chi connectivity index (χ4v) is 3.10. The Hall–Kier alpha value is -2.91. The molecule has 0 unspecified atom stereocenters. The van der Waals surface area contributed by atoms with Crippen molar-refractivity contribution in [1.82, 2.24) is 23.6 Å². The summed E-state index contributed by atoms with van der Waals surface area (Å²) in [6.45, 7) is 1.51. The number of aliphatic hydroxyl groups is 1. The zero-order valence-electron chi connectivity index (χ0n) is 16.6. The van der Waals surface area contributed by atoms with E-state index in [9.17, 15) is 14.7 Å². The van der Waals surface area contributed by atoms with Crippen LogP contribution in [0.1, 0.15) is 11.7 Å². The van der Waals surface area contributed by atoms with Crippen LogP contribution in [-0.4, -0.2) is 55.9 Å². The highest BCUT2D eigenvalue weighted by Crippen LogP contribution is 2.21. The topological polar surface area (TPSA) is 97.3 Å². The zero-order chi connectivity index (χ0) is 20.4. The normalized spacial score (nSPS) is 12.6. The van der Waals surface area contributed by atoms with Gasteiger partial charge in [0.15, 0.2) is 11.2 Å². The number of imidazole rings is 1. The Balaban J connectivity index is 2.11. The van der Waals surface area contributed by atoms with E-state index in [-0.39, 0.29) is 12.1 Å². The molecule has 9 nitrogen and oxygen atoms in total. The summed E-state index contributed by atoms with van der Waals surface area (Å²) in [5.74, 6) is 0.449. The summed E-state index contributed by atoms with van der Waals surface area (Å²) in [6.07, 6.45) is -0.824. The second-order valence-electron chi connectivity index (χ2n) is 7.08. The van der Waals surface area contributed by atoms with Crippen molar-refractivity contribution in [2.24, 2.45) is 14.1 Å². The lowest BCUT2D eigenvalue weighted by Crippen LogP contribution is -2.37. The van der Waals surface area contributed by atoms with Crippen molar-refractivity contribution in [3.63, 3.8) is 0 Å². The van der Waals surface area contributed by atoms with E-state index in [1.54, 1.807) is 11.6 Å². The molecule has 2 heterocycles. The fourth-order valence-electron chi connectivity index (χ4n) is 3.10. The quantitative estimate of drug-likeness (QED) is 0.600. The number of aryl methyl sites for hydroxylation is 1. The standard InChI is InChI=1S/C19H26N6O3/c1-22(2)11-10-20-18-21-16-15(17(27)24(4)19(28)23(16)3)25(18)12-14(26)13-8-6-5-7-9-13/h5-9,14,26H,10-12H2,1-4H3,(H,20,21)/t14-/m0/s1. The van der Waals surface area contributed by atoms with Gasteiger partial charge in [-0.05, 0) is 19.7 Å². The summed E-state index contributed by atoms with van der Waals surface area (Å²) in [6, 6.07) is 9.24. The molecule has 3 aromatic rings. The van der Waals surface area contributed by atoms with Crippen LogP contribution in [0.2, 0.25) is 0 Å². The highest BCUT2D eigenvalue weighted by atomic mass is 16.3. The number of aliphatic hydroxyl groups excluding tert-OH is 1. The number of fused-ring (bicyclic) bond motifs is 1. The van der Waals surface area contributed by atoms with Gasteiger partial charge >= 0.3 is 5.69 Å². The molecule has 0 aliphatic carbocycles. The van der Waals surface area contributed by atoms with Gasteiger partial charge in [0.05, 0.1) is 12.6 Å². The molecule has 28 heavy (non-hydrogen) atoms. The summed E-state index contributed by atoms with van der Waals surface area (Å²) in [7, 11) is 6.94. The van der Waals surface area contributed by atoms with E-state index in [4.69, 9.17) is 0 Å². The summed E-state index contributed by atoms with van der Waals surface area (Å²) in [4.78, 5) is 31.6. The molecule has 0 fully saturated rings. The molecule has 0 saturated carbocycles. The van der Waals surface area contributed by atoms with Crippen LogP contribution in [0.5, 0.6) is 0 Å². The van der Waals surface area contributed by atoms with Crippen molar-refractivity contribution in [1.29, 1.82) is 0 Å².